The zero-order valence-corrected chi connectivity index (χ0v) is 19.9. The number of hydrogen-bond donors (Lipinski definition) is 0. The number of anilines is 1. The quantitative estimate of drug-likeness (QED) is 0.272. The van der Waals surface area contributed by atoms with Gasteiger partial charge in [0.1, 0.15) is 11.4 Å². The molecule has 3 heteroatoms. The summed E-state index contributed by atoms with van der Waals surface area (Å²) >= 11 is 0. The van der Waals surface area contributed by atoms with E-state index < -0.39 is 5.72 Å². The summed E-state index contributed by atoms with van der Waals surface area (Å²) in [6.07, 6.45) is 2.04. The van der Waals surface area contributed by atoms with E-state index in [2.05, 4.69) is 122 Å². The van der Waals surface area contributed by atoms with Gasteiger partial charge in [0, 0.05) is 17.6 Å². The van der Waals surface area contributed by atoms with E-state index >= 15 is 0 Å². The average molecular weight is 455 g/mol. The van der Waals surface area contributed by atoms with Crippen molar-refractivity contribution in [2.45, 2.75) is 31.5 Å². The number of ether oxygens (including phenoxy) is 1. The van der Waals surface area contributed by atoms with Gasteiger partial charge in [-0.05, 0) is 59.3 Å². The Morgan fingerprint density at radius 1 is 0.743 bits per heavy atom. The Morgan fingerprint density at radius 3 is 2.34 bits per heavy atom. The Morgan fingerprint density at radius 2 is 1.46 bits per heavy atom. The lowest BCUT2D eigenvalue weighted by Gasteiger charge is -2.46. The highest BCUT2D eigenvalue weighted by atomic mass is 16.5. The van der Waals surface area contributed by atoms with Gasteiger partial charge in [0.2, 0.25) is 5.72 Å². The molecule has 0 saturated heterocycles. The lowest BCUT2D eigenvalue weighted by Crippen LogP contribution is -2.61. The molecule has 0 amide bonds. The number of hydrogen-bond acceptors (Lipinski definition) is 3. The summed E-state index contributed by atoms with van der Waals surface area (Å²) in [6, 6.07) is 36.5. The number of aliphatic imine (C=N–C) groups is 1. The Kier molecular flexibility index (Phi) is 4.17. The summed E-state index contributed by atoms with van der Waals surface area (Å²) in [5.74, 6) is 0.829. The van der Waals surface area contributed by atoms with Crippen LogP contribution >= 0.6 is 0 Å². The van der Waals surface area contributed by atoms with Crippen molar-refractivity contribution in [1.82, 2.24) is 0 Å². The Balaban J connectivity index is 1.39. The van der Waals surface area contributed by atoms with Crippen molar-refractivity contribution in [2.24, 2.45) is 4.99 Å². The topological polar surface area (TPSA) is 24.8 Å². The van der Waals surface area contributed by atoms with Crippen LogP contribution in [0.15, 0.2) is 108 Å². The first-order valence-electron chi connectivity index (χ1n) is 12.2. The smallest absolute Gasteiger partial charge is 0.229 e. The third-order valence-corrected chi connectivity index (χ3v) is 7.82. The number of rotatable bonds is 2. The van der Waals surface area contributed by atoms with Crippen molar-refractivity contribution in [3.05, 3.63) is 114 Å². The van der Waals surface area contributed by atoms with Gasteiger partial charge in [-0.25, -0.2) is 0 Å². The fourth-order valence-corrected chi connectivity index (χ4v) is 5.88. The fourth-order valence-electron chi connectivity index (χ4n) is 5.88. The monoisotopic (exact) mass is 454 g/mol. The third kappa shape index (κ3) is 2.81. The second kappa shape index (κ2) is 7.19. The molecular weight excluding hydrogens is 428 g/mol. The zero-order valence-electron chi connectivity index (χ0n) is 19.9. The molecule has 0 aliphatic carbocycles. The molecule has 35 heavy (non-hydrogen) atoms. The largest absolute Gasteiger partial charge is 0.459 e. The summed E-state index contributed by atoms with van der Waals surface area (Å²) in [4.78, 5) is 7.48. The van der Waals surface area contributed by atoms with Gasteiger partial charge in [-0.3, -0.25) is 4.99 Å². The second-order valence-electron chi connectivity index (χ2n) is 10.1. The number of fused-ring (bicyclic) bond motifs is 5. The van der Waals surface area contributed by atoms with Crippen LogP contribution in [0.25, 0.3) is 21.5 Å². The Labute approximate surface area is 205 Å². The van der Waals surface area contributed by atoms with Crippen LogP contribution in [0.4, 0.5) is 11.4 Å². The van der Waals surface area contributed by atoms with Crippen molar-refractivity contribution < 1.29 is 4.74 Å². The number of para-hydroxylation sites is 1. The maximum Gasteiger partial charge on any atom is 0.229 e. The van der Waals surface area contributed by atoms with Crippen LogP contribution in [0.5, 0.6) is 5.75 Å². The maximum atomic E-state index is 7.04. The minimum absolute atomic E-state index is 0.312. The van der Waals surface area contributed by atoms with Crippen LogP contribution in [0.3, 0.4) is 0 Å². The highest BCUT2D eigenvalue weighted by Crippen LogP contribution is 2.55. The van der Waals surface area contributed by atoms with E-state index in [1.807, 2.05) is 6.21 Å². The van der Waals surface area contributed by atoms with Crippen molar-refractivity contribution in [1.29, 1.82) is 0 Å². The summed E-state index contributed by atoms with van der Waals surface area (Å²) in [5, 5.41) is 4.79. The van der Waals surface area contributed by atoms with E-state index in [4.69, 9.17) is 9.73 Å². The van der Waals surface area contributed by atoms with Crippen LogP contribution in [-0.2, 0) is 12.0 Å². The maximum absolute atomic E-state index is 7.04. The van der Waals surface area contributed by atoms with Crippen molar-refractivity contribution >= 4 is 39.1 Å². The van der Waals surface area contributed by atoms with E-state index in [0.29, 0.717) is 0 Å². The fraction of sp³-hybridized carbons (Fsp3) is 0.156. The first-order valence-corrected chi connectivity index (χ1v) is 12.2. The van der Waals surface area contributed by atoms with Crippen molar-refractivity contribution in [3.8, 4) is 5.75 Å². The van der Waals surface area contributed by atoms with Crippen LogP contribution in [0, 0.1) is 0 Å². The van der Waals surface area contributed by atoms with Gasteiger partial charge in [0.25, 0.3) is 0 Å². The molecule has 2 heterocycles. The van der Waals surface area contributed by atoms with Gasteiger partial charge in [0.05, 0.1) is 11.6 Å². The summed E-state index contributed by atoms with van der Waals surface area (Å²) in [5.41, 5.74) is 3.58. The minimum Gasteiger partial charge on any atom is -0.459 e. The molecule has 0 fully saturated rings. The van der Waals surface area contributed by atoms with Crippen molar-refractivity contribution in [3.63, 3.8) is 0 Å². The van der Waals surface area contributed by atoms with Crippen molar-refractivity contribution in [2.75, 3.05) is 4.90 Å². The van der Waals surface area contributed by atoms with E-state index in [1.165, 1.54) is 33.0 Å². The molecule has 0 saturated carbocycles. The molecule has 5 aromatic rings. The van der Waals surface area contributed by atoms with Gasteiger partial charge >= 0.3 is 0 Å². The Bertz CT molecular complexity index is 1650. The molecule has 170 valence electrons. The molecule has 3 nitrogen and oxygen atoms in total. The molecule has 0 bridgehead atoms. The molecule has 5 aromatic carbocycles. The van der Waals surface area contributed by atoms with Crippen LogP contribution in [0.1, 0.15) is 25.0 Å². The zero-order chi connectivity index (χ0) is 23.6. The molecule has 1 unspecified atom stereocenters. The van der Waals surface area contributed by atoms with E-state index in [9.17, 15) is 0 Å². The summed E-state index contributed by atoms with van der Waals surface area (Å²) in [6.45, 7) is 5.26. The molecule has 7 rings (SSSR count). The van der Waals surface area contributed by atoms with Gasteiger partial charge in [-0.2, -0.15) is 0 Å². The summed E-state index contributed by atoms with van der Waals surface area (Å²) in [7, 11) is 0. The first kappa shape index (κ1) is 20.3. The SMILES string of the molecule is CC1(C)c2ccccc2N(Cc2ccc3ccccc3c2)C12C=Nc1c(ccc3ccccc13)O2. The molecule has 0 aromatic heterocycles. The minimum atomic E-state index is -0.738. The van der Waals surface area contributed by atoms with Crippen LogP contribution < -0.4 is 9.64 Å². The highest BCUT2D eigenvalue weighted by Gasteiger charge is 2.59. The molecule has 2 aliphatic heterocycles. The molecule has 1 spiro atoms. The molecule has 2 aliphatic rings. The van der Waals surface area contributed by atoms with Crippen LogP contribution in [-0.4, -0.2) is 11.9 Å². The lowest BCUT2D eigenvalue weighted by atomic mass is 9.77. The van der Waals surface area contributed by atoms with E-state index in [1.54, 1.807) is 0 Å². The van der Waals surface area contributed by atoms with E-state index in [-0.39, 0.29) is 5.41 Å². The molecule has 0 N–H and O–H groups in total. The number of nitrogens with zero attached hydrogens (tertiary/aromatic N) is 2. The highest BCUT2D eigenvalue weighted by molar-refractivity contribution is 6.00. The molecule has 1 atom stereocenters. The Hall–Kier alpha value is -4.11. The standard InChI is InChI=1S/C32H26N2O/c1-31(2)27-13-7-8-14-28(27)34(20-22-15-16-23-9-3-4-11-25(23)19-22)32(31)21-33-30-26-12-6-5-10-24(26)17-18-29(30)35-32/h3-19,21H,20H2,1-2H3. The third-order valence-electron chi connectivity index (χ3n) is 7.82. The predicted octanol–water partition coefficient (Wildman–Crippen LogP) is 7.78. The van der Waals surface area contributed by atoms with Gasteiger partial charge < -0.3 is 9.64 Å². The number of benzene rings is 5. The normalized spacial score (nSPS) is 19.7. The average Bonchev–Trinajstić information content (AvgIpc) is 3.07. The lowest BCUT2D eigenvalue weighted by molar-refractivity contribution is 0.0765. The predicted molar refractivity (Wildman–Crippen MR) is 145 cm³/mol. The van der Waals surface area contributed by atoms with Crippen LogP contribution in [0.2, 0.25) is 0 Å². The van der Waals surface area contributed by atoms with E-state index in [0.717, 1.165) is 23.4 Å². The van der Waals surface area contributed by atoms with Gasteiger partial charge in [-0.15, -0.1) is 0 Å². The van der Waals surface area contributed by atoms with Gasteiger partial charge in [-0.1, -0.05) is 84.9 Å². The molecular formula is C32H26N2O. The molecule has 0 radical (unpaired) electrons. The first-order chi connectivity index (χ1) is 17.1. The second-order valence-corrected chi connectivity index (χ2v) is 10.1. The summed E-state index contributed by atoms with van der Waals surface area (Å²) < 4.78 is 7.04. The van der Waals surface area contributed by atoms with Gasteiger partial charge in [0.15, 0.2) is 0 Å².